The Labute approximate surface area is 167 Å². The number of quaternary nitrogens is 1. The molecule has 0 aliphatic rings. The number of benzene rings is 1. The Morgan fingerprint density at radius 3 is 2.29 bits per heavy atom. The summed E-state index contributed by atoms with van der Waals surface area (Å²) in [4.78, 5) is 24.6. The Bertz CT molecular complexity index is 837. The predicted octanol–water partition coefficient (Wildman–Crippen LogP) is 0.924. The molecule has 2 atom stereocenters. The lowest BCUT2D eigenvalue weighted by Crippen LogP contribution is -3.05. The van der Waals surface area contributed by atoms with E-state index < -0.39 is 17.2 Å². The van der Waals surface area contributed by atoms with Crippen molar-refractivity contribution >= 4 is 23.7 Å². The van der Waals surface area contributed by atoms with Crippen molar-refractivity contribution in [1.82, 2.24) is 20.1 Å². The van der Waals surface area contributed by atoms with E-state index in [-0.39, 0.29) is 17.8 Å². The number of thioether (sulfide) groups is 1. The normalized spacial score (nSPS) is 13.6. The van der Waals surface area contributed by atoms with Gasteiger partial charge in [-0.3, -0.25) is 14.7 Å². The van der Waals surface area contributed by atoms with E-state index in [1.54, 1.807) is 12.1 Å². The molecule has 0 bridgehead atoms. The number of hydrogen-bond donors (Lipinski definition) is 3. The molecule has 2 rings (SSSR count). The molecule has 0 aliphatic carbocycles. The number of nitrogens with one attached hydrogen (secondary N) is 2. The number of carbonyl (C=O) groups is 2. The largest absolute Gasteiger partial charge is 0.351 e. The molecule has 8 nitrogen and oxygen atoms in total. The molecule has 4 N–H and O–H groups in total. The summed E-state index contributed by atoms with van der Waals surface area (Å²) in [6, 6.07) is 5.10. The molecule has 0 saturated carbocycles. The van der Waals surface area contributed by atoms with Crippen molar-refractivity contribution in [2.75, 3.05) is 14.1 Å². The second-order valence-corrected chi connectivity index (χ2v) is 8.20. The van der Waals surface area contributed by atoms with E-state index >= 15 is 0 Å². The van der Waals surface area contributed by atoms with Crippen LogP contribution in [0.5, 0.6) is 0 Å². The molecule has 1 aromatic carbocycles. The second kappa shape index (κ2) is 9.16. The first-order valence-corrected chi connectivity index (χ1v) is 9.78. The van der Waals surface area contributed by atoms with E-state index in [4.69, 9.17) is 5.73 Å². The van der Waals surface area contributed by atoms with Crippen LogP contribution in [0.15, 0.2) is 29.4 Å². The van der Waals surface area contributed by atoms with Crippen molar-refractivity contribution < 1.29 is 18.9 Å². The fourth-order valence-electron chi connectivity index (χ4n) is 2.53. The van der Waals surface area contributed by atoms with Gasteiger partial charge < -0.3 is 10.6 Å². The van der Waals surface area contributed by atoms with Crippen LogP contribution in [-0.4, -0.2) is 46.0 Å². The van der Waals surface area contributed by atoms with Gasteiger partial charge in [-0.2, -0.15) is 0 Å². The van der Waals surface area contributed by atoms with Crippen molar-refractivity contribution in [2.45, 2.75) is 37.2 Å². The summed E-state index contributed by atoms with van der Waals surface area (Å²) in [6.07, 6.45) is 0. The zero-order valence-corrected chi connectivity index (χ0v) is 17.4. The van der Waals surface area contributed by atoms with Crippen molar-refractivity contribution in [2.24, 2.45) is 11.7 Å². The molecular weight excluding hydrogens is 383 g/mol. The molecule has 0 saturated heterocycles. The quantitative estimate of drug-likeness (QED) is 0.590. The smallest absolute Gasteiger partial charge is 0.318 e. The molecule has 3 amide bonds. The molecule has 0 fully saturated rings. The maximum absolute atomic E-state index is 13.4. The first kappa shape index (κ1) is 21.8. The van der Waals surface area contributed by atoms with Gasteiger partial charge in [0.1, 0.15) is 11.9 Å². The van der Waals surface area contributed by atoms with Gasteiger partial charge in [0.05, 0.1) is 19.3 Å². The number of urea groups is 1. The molecule has 0 spiro atoms. The Hall–Kier alpha value is -2.46. The molecular formula is C18H26FN6O2S+. The summed E-state index contributed by atoms with van der Waals surface area (Å²) in [7, 11) is 4.00. The van der Waals surface area contributed by atoms with Crippen LogP contribution >= 0.6 is 11.8 Å². The van der Waals surface area contributed by atoms with Crippen LogP contribution in [0, 0.1) is 11.7 Å². The van der Waals surface area contributed by atoms with E-state index in [1.807, 2.05) is 39.4 Å². The monoisotopic (exact) mass is 409 g/mol. The maximum Gasteiger partial charge on any atom is 0.318 e. The van der Waals surface area contributed by atoms with E-state index in [9.17, 15) is 14.0 Å². The van der Waals surface area contributed by atoms with Gasteiger partial charge in [0.2, 0.25) is 5.91 Å². The lowest BCUT2D eigenvalue weighted by molar-refractivity contribution is -0.890. The number of rotatable bonds is 7. The Morgan fingerprint density at radius 1 is 1.18 bits per heavy atom. The fourth-order valence-corrected chi connectivity index (χ4v) is 3.59. The van der Waals surface area contributed by atoms with E-state index in [2.05, 4.69) is 15.5 Å². The van der Waals surface area contributed by atoms with E-state index in [0.717, 1.165) is 4.90 Å². The highest BCUT2D eigenvalue weighted by atomic mass is 32.2. The summed E-state index contributed by atoms with van der Waals surface area (Å²) in [5.41, 5.74) is 5.78. The zero-order chi connectivity index (χ0) is 21.0. The highest BCUT2D eigenvalue weighted by molar-refractivity contribution is 8.00. The van der Waals surface area contributed by atoms with Gasteiger partial charge in [0.25, 0.3) is 0 Å². The van der Waals surface area contributed by atoms with Gasteiger partial charge in [-0.1, -0.05) is 25.6 Å². The zero-order valence-electron chi connectivity index (χ0n) is 16.6. The van der Waals surface area contributed by atoms with Gasteiger partial charge in [-0.25, -0.2) is 9.18 Å². The number of imide groups is 1. The average Bonchev–Trinajstić information content (AvgIpc) is 3.02. The van der Waals surface area contributed by atoms with Crippen molar-refractivity contribution in [3.8, 4) is 5.69 Å². The standard InChI is InChI=1S/C18H25FN6O2S/c1-10(2)14(16(26)21-17(20)27)28-18-23-22-15(11(3)24(4)5)25(18)13-8-6-12(19)7-9-13/h6-11,14H,1-5H3,(H3,20,21,26,27)/p+1/t11-,14+/m1/s1. The van der Waals surface area contributed by atoms with Gasteiger partial charge >= 0.3 is 6.03 Å². The van der Waals surface area contributed by atoms with Crippen LogP contribution in [0.1, 0.15) is 32.6 Å². The Kier molecular flexibility index (Phi) is 7.14. The molecule has 1 aromatic heterocycles. The first-order chi connectivity index (χ1) is 13.1. The minimum absolute atomic E-state index is 0.00356. The van der Waals surface area contributed by atoms with Crippen molar-refractivity contribution in [1.29, 1.82) is 0 Å². The summed E-state index contributed by atoms with van der Waals surface area (Å²) < 4.78 is 15.2. The third kappa shape index (κ3) is 5.08. The maximum atomic E-state index is 13.4. The number of carbonyl (C=O) groups excluding carboxylic acids is 2. The van der Waals surface area contributed by atoms with E-state index in [0.29, 0.717) is 16.7 Å². The van der Waals surface area contributed by atoms with Gasteiger partial charge in [0, 0.05) is 5.69 Å². The number of halogens is 1. The second-order valence-electron chi connectivity index (χ2n) is 7.09. The van der Waals surface area contributed by atoms with Gasteiger partial charge in [0.15, 0.2) is 11.0 Å². The molecule has 0 unspecified atom stereocenters. The number of amides is 3. The molecule has 2 aromatic rings. The average molecular weight is 410 g/mol. The number of aromatic nitrogens is 3. The molecule has 152 valence electrons. The van der Waals surface area contributed by atoms with Crippen LogP contribution in [0.2, 0.25) is 0 Å². The van der Waals surface area contributed by atoms with Crippen LogP contribution in [-0.2, 0) is 4.79 Å². The fraction of sp³-hybridized carbons (Fsp3) is 0.444. The number of nitrogens with zero attached hydrogens (tertiary/aromatic N) is 3. The summed E-state index contributed by atoms with van der Waals surface area (Å²) in [5, 5.41) is 10.6. The number of nitrogens with two attached hydrogens (primary N) is 1. The molecule has 0 aliphatic heterocycles. The van der Waals surface area contributed by atoms with Crippen molar-refractivity contribution in [3.63, 3.8) is 0 Å². The minimum Gasteiger partial charge on any atom is -0.351 e. The van der Waals surface area contributed by atoms with Crippen LogP contribution in [0.3, 0.4) is 0 Å². The van der Waals surface area contributed by atoms with Crippen LogP contribution < -0.4 is 16.0 Å². The Morgan fingerprint density at radius 2 is 1.79 bits per heavy atom. The first-order valence-electron chi connectivity index (χ1n) is 8.90. The highest BCUT2D eigenvalue weighted by Crippen LogP contribution is 2.31. The van der Waals surface area contributed by atoms with Crippen molar-refractivity contribution in [3.05, 3.63) is 35.9 Å². The summed E-state index contributed by atoms with van der Waals surface area (Å²) in [5.74, 6) is -0.247. The lowest BCUT2D eigenvalue weighted by Gasteiger charge is -2.21. The van der Waals surface area contributed by atoms with Crippen LogP contribution in [0.25, 0.3) is 5.69 Å². The number of hydrogen-bond acceptors (Lipinski definition) is 5. The third-order valence-electron chi connectivity index (χ3n) is 4.34. The molecule has 1 heterocycles. The van der Waals surface area contributed by atoms with Crippen LogP contribution in [0.4, 0.5) is 9.18 Å². The summed E-state index contributed by atoms with van der Waals surface area (Å²) >= 11 is 1.19. The lowest BCUT2D eigenvalue weighted by atomic mass is 10.1. The van der Waals surface area contributed by atoms with Gasteiger partial charge in [-0.05, 0) is 37.1 Å². The van der Waals surface area contributed by atoms with Gasteiger partial charge in [-0.15, -0.1) is 10.2 Å². The SMILES string of the molecule is CC(C)[C@H](Sc1nnc([C@@H](C)[NH+](C)C)n1-c1ccc(F)cc1)C(=O)NC(N)=O. The minimum atomic E-state index is -0.901. The number of primary amides is 1. The van der Waals surface area contributed by atoms with E-state index in [1.165, 1.54) is 23.9 Å². The summed E-state index contributed by atoms with van der Waals surface area (Å²) in [6.45, 7) is 5.74. The highest BCUT2D eigenvalue weighted by Gasteiger charge is 2.30. The Balaban J connectivity index is 2.49. The topological polar surface area (TPSA) is 107 Å². The third-order valence-corrected chi connectivity index (χ3v) is 5.83. The molecule has 0 radical (unpaired) electrons. The molecule has 28 heavy (non-hydrogen) atoms. The predicted molar refractivity (Wildman–Crippen MR) is 105 cm³/mol. The molecule has 10 heteroatoms.